The lowest BCUT2D eigenvalue weighted by atomic mass is 10.1. The van der Waals surface area contributed by atoms with E-state index in [0.717, 1.165) is 16.8 Å². The molecule has 1 N–H and O–H groups in total. The van der Waals surface area contributed by atoms with Crippen LogP contribution in [0, 0.1) is 18.8 Å². The lowest BCUT2D eigenvalue weighted by Crippen LogP contribution is -2.15. The van der Waals surface area contributed by atoms with Crippen LogP contribution in [0.4, 0.5) is 0 Å². The molecule has 0 unspecified atom stereocenters. The van der Waals surface area contributed by atoms with Gasteiger partial charge in [-0.3, -0.25) is 9.36 Å². The van der Waals surface area contributed by atoms with E-state index in [9.17, 15) is 4.79 Å². The maximum Gasteiger partial charge on any atom is 0.307 e. The fourth-order valence-electron chi connectivity index (χ4n) is 1.69. The van der Waals surface area contributed by atoms with Crippen molar-refractivity contribution in [3.05, 3.63) is 56.1 Å². The van der Waals surface area contributed by atoms with E-state index >= 15 is 0 Å². The van der Waals surface area contributed by atoms with Crippen LogP contribution in [0.25, 0.3) is 0 Å². The summed E-state index contributed by atoms with van der Waals surface area (Å²) in [5.74, 6) is 5.86. The summed E-state index contributed by atoms with van der Waals surface area (Å²) in [6, 6.07) is 7.83. The Morgan fingerprint density at radius 1 is 1.32 bits per heavy atom. The molecule has 0 aliphatic carbocycles. The van der Waals surface area contributed by atoms with Gasteiger partial charge in [0.1, 0.15) is 0 Å². The van der Waals surface area contributed by atoms with Gasteiger partial charge in [0.2, 0.25) is 0 Å². The molecule has 2 rings (SSSR count). The monoisotopic (exact) mass is 273 g/mol. The summed E-state index contributed by atoms with van der Waals surface area (Å²) in [5.41, 5.74) is 2.99. The lowest BCUT2D eigenvalue weighted by Gasteiger charge is -2.04. The number of benzene rings is 1. The van der Waals surface area contributed by atoms with E-state index in [4.69, 9.17) is 5.11 Å². The first-order valence-corrected chi connectivity index (χ1v) is 6.92. The normalized spacial score (nSPS) is 10.0. The second-order valence-corrected chi connectivity index (χ2v) is 5.02. The number of hydrogen-bond acceptors (Lipinski definition) is 3. The van der Waals surface area contributed by atoms with Crippen LogP contribution in [-0.2, 0) is 6.54 Å². The molecule has 98 valence electrons. The van der Waals surface area contributed by atoms with Crippen molar-refractivity contribution in [1.29, 1.82) is 0 Å². The largest absolute Gasteiger partial charge is 0.395 e. The highest BCUT2D eigenvalue weighted by Crippen LogP contribution is 2.07. The molecular weight excluding hydrogens is 258 g/mol. The zero-order chi connectivity index (χ0) is 13.7. The predicted octanol–water partition coefficient (Wildman–Crippen LogP) is 2.00. The van der Waals surface area contributed by atoms with Crippen LogP contribution >= 0.6 is 11.3 Å². The molecule has 0 aliphatic rings. The quantitative estimate of drug-likeness (QED) is 0.869. The minimum atomic E-state index is 0.0734. The zero-order valence-corrected chi connectivity index (χ0v) is 11.5. The molecule has 0 saturated carbocycles. The van der Waals surface area contributed by atoms with Gasteiger partial charge in [0.25, 0.3) is 0 Å². The molecule has 3 nitrogen and oxygen atoms in total. The van der Waals surface area contributed by atoms with Crippen LogP contribution in [0.5, 0.6) is 0 Å². The second-order valence-electron chi connectivity index (χ2n) is 4.20. The average Bonchev–Trinajstić information content (AvgIpc) is 2.73. The van der Waals surface area contributed by atoms with E-state index in [1.807, 2.05) is 36.6 Å². The molecule has 0 bridgehead atoms. The number of nitrogens with zero attached hydrogens (tertiary/aromatic N) is 1. The molecule has 19 heavy (non-hydrogen) atoms. The molecule has 0 radical (unpaired) electrons. The van der Waals surface area contributed by atoms with Crippen molar-refractivity contribution in [2.45, 2.75) is 19.9 Å². The molecule has 0 amide bonds. The summed E-state index contributed by atoms with van der Waals surface area (Å²) < 4.78 is 1.76. The molecule has 0 spiro atoms. The number of thiazole rings is 1. The van der Waals surface area contributed by atoms with Crippen molar-refractivity contribution in [3.8, 4) is 11.8 Å². The first-order chi connectivity index (χ1) is 9.20. The fourth-order valence-corrected chi connectivity index (χ4v) is 2.43. The highest BCUT2D eigenvalue weighted by Gasteiger charge is 2.03. The Morgan fingerprint density at radius 3 is 2.63 bits per heavy atom. The molecule has 4 heteroatoms. The third-order valence-electron chi connectivity index (χ3n) is 2.74. The molecule has 1 heterocycles. The fraction of sp³-hybridized carbons (Fsp3) is 0.267. The molecule has 0 saturated heterocycles. The second kappa shape index (κ2) is 6.37. The maximum atomic E-state index is 11.6. The van der Waals surface area contributed by atoms with Gasteiger partial charge >= 0.3 is 4.87 Å². The van der Waals surface area contributed by atoms with E-state index in [-0.39, 0.29) is 11.5 Å². The van der Waals surface area contributed by atoms with Crippen LogP contribution in [0.15, 0.2) is 34.4 Å². The lowest BCUT2D eigenvalue weighted by molar-refractivity contribution is 0.305. The van der Waals surface area contributed by atoms with Gasteiger partial charge in [-0.05, 0) is 24.6 Å². The van der Waals surface area contributed by atoms with E-state index in [2.05, 4.69) is 11.8 Å². The number of aryl methyl sites for hydroxylation is 1. The van der Waals surface area contributed by atoms with Gasteiger partial charge in [-0.25, -0.2) is 0 Å². The van der Waals surface area contributed by atoms with Crippen molar-refractivity contribution in [2.75, 3.05) is 6.61 Å². The molecule has 1 aromatic carbocycles. The van der Waals surface area contributed by atoms with Gasteiger partial charge < -0.3 is 5.11 Å². The highest BCUT2D eigenvalue weighted by atomic mass is 32.1. The van der Waals surface area contributed by atoms with Crippen LogP contribution in [-0.4, -0.2) is 16.3 Å². The van der Waals surface area contributed by atoms with Crippen LogP contribution in [0.1, 0.15) is 23.2 Å². The minimum absolute atomic E-state index is 0.0734. The Labute approximate surface area is 116 Å². The molecule has 0 atom stereocenters. The van der Waals surface area contributed by atoms with Crippen molar-refractivity contribution >= 4 is 11.3 Å². The third-order valence-corrected chi connectivity index (χ3v) is 3.62. The van der Waals surface area contributed by atoms with Crippen molar-refractivity contribution in [3.63, 3.8) is 0 Å². The van der Waals surface area contributed by atoms with Gasteiger partial charge in [-0.2, -0.15) is 0 Å². The van der Waals surface area contributed by atoms with Gasteiger partial charge in [0, 0.05) is 23.1 Å². The Hall–Kier alpha value is -1.83. The Bertz CT molecular complexity index is 656. The summed E-state index contributed by atoms with van der Waals surface area (Å²) in [6.07, 6.45) is 0.491. The van der Waals surface area contributed by atoms with E-state index < -0.39 is 0 Å². The summed E-state index contributed by atoms with van der Waals surface area (Å²) >= 11 is 1.23. The van der Waals surface area contributed by atoms with Gasteiger partial charge in [-0.15, -0.1) is 0 Å². The van der Waals surface area contributed by atoms with E-state index in [0.29, 0.717) is 13.0 Å². The Balaban J connectivity index is 2.12. The molecular formula is C15H15NO2S. The van der Waals surface area contributed by atoms with Crippen molar-refractivity contribution in [1.82, 2.24) is 4.57 Å². The van der Waals surface area contributed by atoms with Crippen LogP contribution < -0.4 is 4.87 Å². The van der Waals surface area contributed by atoms with Gasteiger partial charge in [0.05, 0.1) is 13.2 Å². The van der Waals surface area contributed by atoms with E-state index in [1.165, 1.54) is 11.3 Å². The number of hydrogen-bond donors (Lipinski definition) is 1. The van der Waals surface area contributed by atoms with Crippen LogP contribution in [0.3, 0.4) is 0 Å². The van der Waals surface area contributed by atoms with Crippen LogP contribution in [0.2, 0.25) is 0 Å². The SMILES string of the molecule is Cc1csc(=O)n1Cc1ccc(C#CCCO)cc1. The predicted molar refractivity (Wildman–Crippen MR) is 77.4 cm³/mol. The van der Waals surface area contributed by atoms with E-state index in [1.54, 1.807) is 4.57 Å². The van der Waals surface area contributed by atoms with Crippen molar-refractivity contribution < 1.29 is 5.11 Å². The highest BCUT2D eigenvalue weighted by molar-refractivity contribution is 7.07. The number of aromatic nitrogens is 1. The molecule has 1 aromatic heterocycles. The zero-order valence-electron chi connectivity index (χ0n) is 10.7. The molecule has 0 aliphatic heterocycles. The molecule has 2 aromatic rings. The maximum absolute atomic E-state index is 11.6. The number of aliphatic hydroxyl groups is 1. The van der Waals surface area contributed by atoms with Crippen molar-refractivity contribution in [2.24, 2.45) is 0 Å². The summed E-state index contributed by atoms with van der Waals surface area (Å²) in [6.45, 7) is 2.62. The van der Waals surface area contributed by atoms with Gasteiger partial charge in [-0.1, -0.05) is 35.3 Å². The first-order valence-electron chi connectivity index (χ1n) is 6.04. The molecule has 0 fully saturated rings. The Kier molecular flexibility index (Phi) is 4.56. The number of aliphatic hydroxyl groups excluding tert-OH is 1. The Morgan fingerprint density at radius 2 is 2.05 bits per heavy atom. The summed E-state index contributed by atoms with van der Waals surface area (Å²) in [7, 11) is 0. The first kappa shape index (κ1) is 13.6. The summed E-state index contributed by atoms with van der Waals surface area (Å²) in [4.78, 5) is 11.7. The number of rotatable bonds is 3. The average molecular weight is 273 g/mol. The topological polar surface area (TPSA) is 42.2 Å². The minimum Gasteiger partial charge on any atom is -0.395 e. The third kappa shape index (κ3) is 3.57. The van der Waals surface area contributed by atoms with Gasteiger partial charge in [0.15, 0.2) is 0 Å². The standard InChI is InChI=1S/C15H15NO2S/c1-12-11-19-15(18)16(12)10-14-7-5-13(6-8-14)4-2-3-9-17/h5-8,11,17H,3,9-10H2,1H3. The summed E-state index contributed by atoms with van der Waals surface area (Å²) in [5, 5.41) is 10.5. The smallest absolute Gasteiger partial charge is 0.307 e.